The molecule has 1 aromatic carbocycles. The number of nitrogens with one attached hydrogen (secondary N) is 1. The summed E-state index contributed by atoms with van der Waals surface area (Å²) in [5.41, 5.74) is 6.64. The van der Waals surface area contributed by atoms with Crippen molar-refractivity contribution in [3.63, 3.8) is 0 Å². The summed E-state index contributed by atoms with van der Waals surface area (Å²) >= 11 is 0. The molecule has 9 nitrogen and oxygen atoms in total. The average molecular weight is 286 g/mol. The van der Waals surface area contributed by atoms with Gasteiger partial charge in [-0.05, 0) is 18.6 Å². The lowest BCUT2D eigenvalue weighted by Crippen LogP contribution is -1.99. The third kappa shape index (κ3) is 2.31. The van der Waals surface area contributed by atoms with Crippen molar-refractivity contribution in [2.45, 2.75) is 6.92 Å². The van der Waals surface area contributed by atoms with E-state index in [0.29, 0.717) is 11.0 Å². The van der Waals surface area contributed by atoms with Crippen LogP contribution in [0.5, 0.6) is 11.6 Å². The number of hydrogen-bond acceptors (Lipinski definition) is 7. The highest BCUT2D eigenvalue weighted by atomic mass is 16.6. The molecule has 3 aromatic rings. The molecule has 0 amide bonds. The van der Waals surface area contributed by atoms with Gasteiger partial charge in [0, 0.05) is 6.07 Å². The van der Waals surface area contributed by atoms with Crippen molar-refractivity contribution < 1.29 is 9.66 Å². The van der Waals surface area contributed by atoms with E-state index in [0.717, 1.165) is 5.56 Å². The van der Waals surface area contributed by atoms with Crippen LogP contribution in [-0.4, -0.2) is 25.1 Å². The summed E-state index contributed by atoms with van der Waals surface area (Å²) in [7, 11) is 0. The van der Waals surface area contributed by atoms with E-state index in [1.54, 1.807) is 19.1 Å². The van der Waals surface area contributed by atoms with Gasteiger partial charge in [0.05, 0.1) is 11.1 Å². The molecule has 3 N–H and O–H groups in total. The maximum absolute atomic E-state index is 11.1. The topological polar surface area (TPSA) is 133 Å². The van der Waals surface area contributed by atoms with Crippen LogP contribution >= 0.6 is 0 Å². The number of hydrogen-bond donors (Lipinski definition) is 2. The van der Waals surface area contributed by atoms with Crippen molar-refractivity contribution in [1.29, 1.82) is 0 Å². The Morgan fingerprint density at radius 3 is 2.95 bits per heavy atom. The van der Waals surface area contributed by atoms with Crippen molar-refractivity contribution in [3.8, 4) is 11.6 Å². The third-order valence-electron chi connectivity index (χ3n) is 2.81. The number of ether oxygens (including phenoxy) is 1. The fourth-order valence-electron chi connectivity index (χ4n) is 1.86. The zero-order chi connectivity index (χ0) is 15.0. The SMILES string of the molecule is Cc1ccc([N+](=O)[O-])c(Oc2nc(N)nc3[nH]ncc23)c1. The molecule has 0 aliphatic carbocycles. The summed E-state index contributed by atoms with van der Waals surface area (Å²) in [6, 6.07) is 4.57. The molecule has 0 unspecified atom stereocenters. The first-order valence-corrected chi connectivity index (χ1v) is 5.94. The smallest absolute Gasteiger partial charge is 0.311 e. The number of nitro groups is 1. The average Bonchev–Trinajstić information content (AvgIpc) is 2.86. The first-order chi connectivity index (χ1) is 10.0. The molecule has 106 valence electrons. The predicted molar refractivity (Wildman–Crippen MR) is 74.0 cm³/mol. The van der Waals surface area contributed by atoms with Gasteiger partial charge < -0.3 is 10.5 Å². The Labute approximate surface area is 117 Å². The molecule has 0 saturated heterocycles. The van der Waals surface area contributed by atoms with Crippen LogP contribution in [0.3, 0.4) is 0 Å². The number of fused-ring (bicyclic) bond motifs is 1. The second-order valence-corrected chi connectivity index (χ2v) is 4.35. The molecular formula is C12H10N6O3. The van der Waals surface area contributed by atoms with Gasteiger partial charge in [0.25, 0.3) is 0 Å². The van der Waals surface area contributed by atoms with Crippen LogP contribution in [0.1, 0.15) is 5.56 Å². The van der Waals surface area contributed by atoms with E-state index in [4.69, 9.17) is 10.5 Å². The number of aryl methyl sites for hydroxylation is 1. The molecule has 9 heteroatoms. The van der Waals surface area contributed by atoms with Gasteiger partial charge >= 0.3 is 5.69 Å². The van der Waals surface area contributed by atoms with E-state index in [1.165, 1.54) is 12.3 Å². The van der Waals surface area contributed by atoms with Crippen LogP contribution in [-0.2, 0) is 0 Å². The summed E-state index contributed by atoms with van der Waals surface area (Å²) < 4.78 is 5.57. The number of nitrogens with two attached hydrogens (primary N) is 1. The van der Waals surface area contributed by atoms with Crippen LogP contribution in [0.2, 0.25) is 0 Å². The quantitative estimate of drug-likeness (QED) is 0.555. The van der Waals surface area contributed by atoms with Crippen molar-refractivity contribution in [2.24, 2.45) is 0 Å². The summed E-state index contributed by atoms with van der Waals surface area (Å²) in [6.07, 6.45) is 1.46. The Hall–Kier alpha value is -3.23. The molecule has 0 radical (unpaired) electrons. The van der Waals surface area contributed by atoms with Crippen molar-refractivity contribution in [2.75, 3.05) is 5.73 Å². The van der Waals surface area contributed by atoms with Gasteiger partial charge in [0.1, 0.15) is 5.39 Å². The predicted octanol–water partition coefficient (Wildman–Crippen LogP) is 1.94. The molecule has 0 atom stereocenters. The minimum Gasteiger partial charge on any atom is -0.431 e. The maximum Gasteiger partial charge on any atom is 0.311 e. The molecule has 0 bridgehead atoms. The fourth-order valence-corrected chi connectivity index (χ4v) is 1.86. The molecule has 0 aliphatic rings. The number of rotatable bonds is 3. The Bertz CT molecular complexity index is 844. The van der Waals surface area contributed by atoms with Gasteiger partial charge in [-0.1, -0.05) is 6.07 Å². The number of H-pyrrole nitrogens is 1. The van der Waals surface area contributed by atoms with Crippen LogP contribution in [0.4, 0.5) is 11.6 Å². The normalized spacial score (nSPS) is 10.7. The Balaban J connectivity index is 2.12. The van der Waals surface area contributed by atoms with Gasteiger partial charge in [-0.15, -0.1) is 0 Å². The largest absolute Gasteiger partial charge is 0.431 e. The van der Waals surface area contributed by atoms with Gasteiger partial charge in [0.2, 0.25) is 17.6 Å². The first kappa shape index (κ1) is 12.8. The number of nitrogen functional groups attached to an aromatic ring is 1. The molecule has 0 saturated carbocycles. The highest BCUT2D eigenvalue weighted by Gasteiger charge is 2.18. The Morgan fingerprint density at radius 2 is 2.19 bits per heavy atom. The van der Waals surface area contributed by atoms with E-state index in [2.05, 4.69) is 20.2 Å². The number of nitro benzene ring substituents is 1. The third-order valence-corrected chi connectivity index (χ3v) is 2.81. The van der Waals surface area contributed by atoms with Gasteiger partial charge in [-0.2, -0.15) is 15.1 Å². The highest BCUT2D eigenvalue weighted by molar-refractivity contribution is 5.80. The van der Waals surface area contributed by atoms with Crippen LogP contribution in [0.25, 0.3) is 11.0 Å². The highest BCUT2D eigenvalue weighted by Crippen LogP contribution is 2.33. The standard InChI is InChI=1S/C12H10N6O3/c1-6-2-3-8(18(19)20)9(4-6)21-11-7-5-14-17-10(7)15-12(13)16-11/h2-5H,1H3,(H3,13,14,15,16,17). The summed E-state index contributed by atoms with van der Waals surface area (Å²) in [6.45, 7) is 1.80. The summed E-state index contributed by atoms with van der Waals surface area (Å²) in [5, 5.41) is 18.0. The molecule has 21 heavy (non-hydrogen) atoms. The van der Waals surface area contributed by atoms with E-state index in [9.17, 15) is 10.1 Å². The maximum atomic E-state index is 11.1. The number of benzene rings is 1. The van der Waals surface area contributed by atoms with Gasteiger partial charge in [-0.3, -0.25) is 15.2 Å². The molecular weight excluding hydrogens is 276 g/mol. The Kier molecular flexibility index (Phi) is 2.87. The van der Waals surface area contributed by atoms with Gasteiger partial charge in [0.15, 0.2) is 5.65 Å². The lowest BCUT2D eigenvalue weighted by atomic mass is 10.2. The lowest BCUT2D eigenvalue weighted by Gasteiger charge is -2.07. The lowest BCUT2D eigenvalue weighted by molar-refractivity contribution is -0.385. The zero-order valence-corrected chi connectivity index (χ0v) is 10.9. The van der Waals surface area contributed by atoms with Gasteiger partial charge in [-0.25, -0.2) is 0 Å². The van der Waals surface area contributed by atoms with E-state index in [1.807, 2.05) is 0 Å². The number of aromatic amines is 1. The number of nitrogens with zero attached hydrogens (tertiary/aromatic N) is 4. The van der Waals surface area contributed by atoms with E-state index in [-0.39, 0.29) is 23.3 Å². The number of aromatic nitrogens is 4. The molecule has 0 fully saturated rings. The Morgan fingerprint density at radius 1 is 1.38 bits per heavy atom. The first-order valence-electron chi connectivity index (χ1n) is 5.94. The van der Waals surface area contributed by atoms with Crippen LogP contribution in [0, 0.1) is 17.0 Å². The molecule has 3 rings (SSSR count). The monoisotopic (exact) mass is 286 g/mol. The zero-order valence-electron chi connectivity index (χ0n) is 10.9. The molecule has 2 aromatic heterocycles. The minimum absolute atomic E-state index is 0.0166. The van der Waals surface area contributed by atoms with Crippen LogP contribution < -0.4 is 10.5 Å². The fraction of sp³-hybridized carbons (Fsp3) is 0.0833. The van der Waals surface area contributed by atoms with E-state index >= 15 is 0 Å². The van der Waals surface area contributed by atoms with Crippen LogP contribution in [0.15, 0.2) is 24.4 Å². The van der Waals surface area contributed by atoms with Crippen molar-refractivity contribution in [1.82, 2.24) is 20.2 Å². The molecule has 0 spiro atoms. The summed E-state index contributed by atoms with van der Waals surface area (Å²) in [5.74, 6) is 0.178. The van der Waals surface area contributed by atoms with Crippen molar-refractivity contribution in [3.05, 3.63) is 40.1 Å². The van der Waals surface area contributed by atoms with E-state index < -0.39 is 4.92 Å². The van der Waals surface area contributed by atoms with Crippen molar-refractivity contribution >= 4 is 22.7 Å². The second kappa shape index (κ2) is 4.71. The number of anilines is 1. The summed E-state index contributed by atoms with van der Waals surface area (Å²) in [4.78, 5) is 18.4. The molecule has 2 heterocycles. The minimum atomic E-state index is -0.522. The molecule has 0 aliphatic heterocycles. The second-order valence-electron chi connectivity index (χ2n) is 4.35.